The smallest absolute Gasteiger partial charge is 0.234 e. The van der Waals surface area contributed by atoms with E-state index in [1.54, 1.807) is 12.1 Å². The first kappa shape index (κ1) is 11.8. The lowest BCUT2D eigenvalue weighted by Gasteiger charge is -2.02. The molecule has 0 unspecified atom stereocenters. The zero-order valence-corrected chi connectivity index (χ0v) is 8.84. The molecule has 0 aromatic heterocycles. The Hall–Kier alpha value is -2.32. The fourth-order valence-electron chi connectivity index (χ4n) is 1.32. The number of carbonyl (C=O) groups excluding carboxylic acids is 1. The standard InChI is InChI=1S/C10H9NO.C2H3NO/c11-9-5-1-4-8-7(9)3-2-6-10(8)12;1-3-2-4/h1-6,12H,11H2;1H3. The molecule has 2 rings (SSSR count). The third-order valence-electron chi connectivity index (χ3n) is 2.02. The summed E-state index contributed by atoms with van der Waals surface area (Å²) in [5, 5.41) is 11.1. The van der Waals surface area contributed by atoms with E-state index in [0.717, 1.165) is 10.8 Å². The molecule has 0 aliphatic heterocycles. The molecule has 0 amide bonds. The topological polar surface area (TPSA) is 75.7 Å². The van der Waals surface area contributed by atoms with Crippen molar-refractivity contribution in [3.05, 3.63) is 36.4 Å². The summed E-state index contributed by atoms with van der Waals surface area (Å²) in [6.07, 6.45) is 1.31. The minimum absolute atomic E-state index is 0.278. The molecule has 2 aromatic carbocycles. The SMILES string of the molecule is CN=C=O.Nc1cccc2c(O)cccc12. The van der Waals surface area contributed by atoms with Crippen LogP contribution in [-0.4, -0.2) is 18.2 Å². The Balaban J connectivity index is 0.000000280. The van der Waals surface area contributed by atoms with E-state index in [-0.39, 0.29) is 5.75 Å². The highest BCUT2D eigenvalue weighted by Crippen LogP contribution is 2.27. The Morgan fingerprint density at radius 3 is 2.31 bits per heavy atom. The van der Waals surface area contributed by atoms with Gasteiger partial charge in [-0.15, -0.1) is 0 Å². The van der Waals surface area contributed by atoms with E-state index in [1.165, 1.54) is 13.1 Å². The van der Waals surface area contributed by atoms with Crippen LogP contribution in [0.4, 0.5) is 5.69 Å². The van der Waals surface area contributed by atoms with Gasteiger partial charge in [0, 0.05) is 23.5 Å². The number of nitrogen functional groups attached to an aromatic ring is 1. The predicted molar refractivity (Wildman–Crippen MR) is 64.1 cm³/mol. The number of isocyanates is 1. The number of aromatic hydroxyl groups is 1. The Morgan fingerprint density at radius 2 is 1.75 bits per heavy atom. The lowest BCUT2D eigenvalue weighted by atomic mass is 10.1. The molecule has 4 nitrogen and oxygen atoms in total. The van der Waals surface area contributed by atoms with E-state index >= 15 is 0 Å². The highest BCUT2D eigenvalue weighted by atomic mass is 16.3. The van der Waals surface area contributed by atoms with Crippen LogP contribution in [-0.2, 0) is 4.79 Å². The second kappa shape index (κ2) is 5.53. The number of anilines is 1. The van der Waals surface area contributed by atoms with Crippen molar-refractivity contribution in [2.75, 3.05) is 12.8 Å². The molecule has 3 N–H and O–H groups in total. The van der Waals surface area contributed by atoms with Crippen molar-refractivity contribution in [1.29, 1.82) is 0 Å². The average Bonchev–Trinajstić information content (AvgIpc) is 2.31. The molecular weight excluding hydrogens is 204 g/mol. The second-order valence-electron chi connectivity index (χ2n) is 3.03. The number of phenols is 1. The molecule has 0 saturated heterocycles. The summed E-state index contributed by atoms with van der Waals surface area (Å²) in [4.78, 5) is 11.8. The van der Waals surface area contributed by atoms with Crippen LogP contribution in [0, 0.1) is 0 Å². The first-order valence-corrected chi connectivity index (χ1v) is 4.63. The Labute approximate surface area is 93.0 Å². The number of hydrogen-bond acceptors (Lipinski definition) is 4. The second-order valence-corrected chi connectivity index (χ2v) is 3.03. The molecule has 0 radical (unpaired) electrons. The van der Waals surface area contributed by atoms with Gasteiger partial charge >= 0.3 is 0 Å². The number of phenolic OH excluding ortho intramolecular Hbond substituents is 1. The zero-order valence-electron chi connectivity index (χ0n) is 8.84. The van der Waals surface area contributed by atoms with E-state index in [4.69, 9.17) is 10.5 Å². The molecule has 16 heavy (non-hydrogen) atoms. The van der Waals surface area contributed by atoms with Crippen molar-refractivity contribution in [1.82, 2.24) is 0 Å². The third kappa shape index (κ3) is 2.59. The Bertz CT molecular complexity index is 490. The molecule has 0 bridgehead atoms. The van der Waals surface area contributed by atoms with E-state index in [1.807, 2.05) is 24.3 Å². The molecule has 0 heterocycles. The zero-order chi connectivity index (χ0) is 12.0. The van der Waals surface area contributed by atoms with Crippen molar-refractivity contribution in [3.63, 3.8) is 0 Å². The third-order valence-corrected chi connectivity index (χ3v) is 2.02. The highest BCUT2D eigenvalue weighted by Gasteiger charge is 1.99. The van der Waals surface area contributed by atoms with Gasteiger partial charge in [-0.2, -0.15) is 0 Å². The number of nitrogens with zero attached hydrogens (tertiary/aromatic N) is 1. The van der Waals surface area contributed by atoms with E-state index < -0.39 is 0 Å². The van der Waals surface area contributed by atoms with E-state index in [9.17, 15) is 5.11 Å². The molecule has 4 heteroatoms. The van der Waals surface area contributed by atoms with Gasteiger partial charge in [0.15, 0.2) is 0 Å². The normalized spacial score (nSPS) is 8.81. The minimum Gasteiger partial charge on any atom is -0.507 e. The molecule has 0 saturated carbocycles. The number of fused-ring (bicyclic) bond motifs is 1. The van der Waals surface area contributed by atoms with Crippen LogP contribution in [0.1, 0.15) is 0 Å². The fraction of sp³-hybridized carbons (Fsp3) is 0.0833. The van der Waals surface area contributed by atoms with Crippen LogP contribution in [0.3, 0.4) is 0 Å². The van der Waals surface area contributed by atoms with Crippen LogP contribution in [0.25, 0.3) is 10.8 Å². The number of benzene rings is 2. The molecule has 2 aromatic rings. The first-order chi connectivity index (χ1) is 7.70. The van der Waals surface area contributed by atoms with Crippen molar-refractivity contribution < 1.29 is 9.90 Å². The number of rotatable bonds is 0. The van der Waals surface area contributed by atoms with E-state index in [0.29, 0.717) is 5.69 Å². The summed E-state index contributed by atoms with van der Waals surface area (Å²) < 4.78 is 0. The van der Waals surface area contributed by atoms with Crippen LogP contribution in [0.15, 0.2) is 41.4 Å². The van der Waals surface area contributed by atoms with Crippen LogP contribution in [0.2, 0.25) is 0 Å². The summed E-state index contributed by atoms with van der Waals surface area (Å²) in [5.74, 6) is 0.278. The number of hydrogen-bond donors (Lipinski definition) is 2. The van der Waals surface area contributed by atoms with Crippen LogP contribution in [0.5, 0.6) is 5.75 Å². The van der Waals surface area contributed by atoms with Gasteiger partial charge in [0.2, 0.25) is 6.08 Å². The van der Waals surface area contributed by atoms with Crippen LogP contribution >= 0.6 is 0 Å². The van der Waals surface area contributed by atoms with Crippen molar-refractivity contribution in [2.24, 2.45) is 4.99 Å². The monoisotopic (exact) mass is 216 g/mol. The van der Waals surface area contributed by atoms with Crippen molar-refractivity contribution in [3.8, 4) is 5.75 Å². The lowest BCUT2D eigenvalue weighted by molar-refractivity contribution is 0.481. The van der Waals surface area contributed by atoms with Gasteiger partial charge in [0.05, 0.1) is 0 Å². The van der Waals surface area contributed by atoms with Gasteiger partial charge in [-0.05, 0) is 12.1 Å². The van der Waals surface area contributed by atoms with Gasteiger partial charge in [0.1, 0.15) is 5.75 Å². The molecule has 82 valence electrons. The molecular formula is C12H12N2O2. The Kier molecular flexibility index (Phi) is 4.07. The maximum Gasteiger partial charge on any atom is 0.234 e. The summed E-state index contributed by atoms with van der Waals surface area (Å²) in [6, 6.07) is 10.8. The largest absolute Gasteiger partial charge is 0.507 e. The number of aliphatic imine (C=N–C) groups is 1. The van der Waals surface area contributed by atoms with Gasteiger partial charge in [0.25, 0.3) is 0 Å². The van der Waals surface area contributed by atoms with E-state index in [2.05, 4.69) is 4.99 Å². The molecule has 0 atom stereocenters. The predicted octanol–water partition coefficient (Wildman–Crippen LogP) is 2.08. The summed E-state index contributed by atoms with van der Waals surface area (Å²) in [6.45, 7) is 0. The van der Waals surface area contributed by atoms with Gasteiger partial charge in [-0.3, -0.25) is 0 Å². The first-order valence-electron chi connectivity index (χ1n) is 4.63. The molecule has 0 fully saturated rings. The highest BCUT2D eigenvalue weighted by molar-refractivity contribution is 5.96. The van der Waals surface area contributed by atoms with Crippen molar-refractivity contribution >= 4 is 22.5 Å². The molecule has 0 aliphatic rings. The summed E-state index contributed by atoms with van der Waals surface area (Å²) in [7, 11) is 1.38. The number of nitrogens with two attached hydrogens (primary N) is 1. The summed E-state index contributed by atoms with van der Waals surface area (Å²) >= 11 is 0. The van der Waals surface area contributed by atoms with Crippen LogP contribution < -0.4 is 5.73 Å². The van der Waals surface area contributed by atoms with Gasteiger partial charge in [-0.1, -0.05) is 24.3 Å². The maximum atomic E-state index is 9.44. The minimum atomic E-state index is 0.278. The lowest BCUT2D eigenvalue weighted by Crippen LogP contribution is -1.85. The fourth-order valence-corrected chi connectivity index (χ4v) is 1.32. The Morgan fingerprint density at radius 1 is 1.19 bits per heavy atom. The average molecular weight is 216 g/mol. The van der Waals surface area contributed by atoms with Gasteiger partial charge < -0.3 is 10.8 Å². The molecule has 0 aliphatic carbocycles. The van der Waals surface area contributed by atoms with Crippen molar-refractivity contribution in [2.45, 2.75) is 0 Å². The quantitative estimate of drug-likeness (QED) is 0.402. The maximum absolute atomic E-state index is 9.44. The molecule has 0 spiro atoms. The summed E-state index contributed by atoms with van der Waals surface area (Å²) in [5.41, 5.74) is 6.41. The van der Waals surface area contributed by atoms with Gasteiger partial charge in [-0.25, -0.2) is 9.79 Å².